The van der Waals surface area contributed by atoms with Gasteiger partial charge in [-0.3, -0.25) is 0 Å². The van der Waals surface area contributed by atoms with Gasteiger partial charge in [0.15, 0.2) is 0 Å². The number of anilines is 1. The minimum absolute atomic E-state index is 0.481. The van der Waals surface area contributed by atoms with Gasteiger partial charge in [0, 0.05) is 33.1 Å². The van der Waals surface area contributed by atoms with Crippen molar-refractivity contribution in [3.8, 4) is 11.5 Å². The maximum Gasteiger partial charge on any atom is 0.505 e. The lowest BCUT2D eigenvalue weighted by Crippen LogP contribution is -2.01. The molecule has 0 fully saturated rings. The second-order valence-electron chi connectivity index (χ2n) is 5.13. The lowest BCUT2D eigenvalue weighted by molar-refractivity contribution is 0.481. The van der Waals surface area contributed by atoms with Crippen LogP contribution < -0.4 is 10.1 Å². The summed E-state index contributed by atoms with van der Waals surface area (Å²) < 4.78 is 17.1. The van der Waals surface area contributed by atoms with Gasteiger partial charge >= 0.3 is 11.7 Å². The maximum absolute atomic E-state index is 11.3. The third-order valence-corrected chi connectivity index (χ3v) is 4.22. The van der Waals surface area contributed by atoms with Crippen LogP contribution in [0.5, 0.6) is 11.5 Å². The van der Waals surface area contributed by atoms with Gasteiger partial charge in [0.25, 0.3) is 4.90 Å². The molecule has 3 aromatic carbocycles. The van der Waals surface area contributed by atoms with Gasteiger partial charge in [0.1, 0.15) is 11.5 Å². The zero-order valence-corrected chi connectivity index (χ0v) is 14.3. The molecule has 0 aliphatic carbocycles. The zero-order chi connectivity index (χ0) is 16.8. The Kier molecular flexibility index (Phi) is 5.41. The standard InChI is InChI=1S/C19H15ClNO2S/c20-15-5-4-8-17(12-15)23-18-9-10-19(24-22)14(11-18)13-21-16-6-2-1-3-7-16/h1-12,21H,13H2/q+1. The molecule has 120 valence electrons. The summed E-state index contributed by atoms with van der Waals surface area (Å²) in [5.41, 5.74) is 1.89. The van der Waals surface area contributed by atoms with Crippen LogP contribution in [0.2, 0.25) is 5.02 Å². The summed E-state index contributed by atoms with van der Waals surface area (Å²) >= 11 is 6.45. The number of hydrogen-bond donors (Lipinski definition) is 1. The van der Waals surface area contributed by atoms with E-state index in [2.05, 4.69) is 5.32 Å². The predicted molar refractivity (Wildman–Crippen MR) is 98.1 cm³/mol. The SMILES string of the molecule is O=[S+]c1ccc(Oc2cccc(Cl)c2)cc1CNc1ccccc1. The van der Waals surface area contributed by atoms with Crippen LogP contribution in [0.1, 0.15) is 5.56 Å². The maximum atomic E-state index is 11.3. The van der Waals surface area contributed by atoms with E-state index in [-0.39, 0.29) is 0 Å². The Balaban J connectivity index is 1.78. The van der Waals surface area contributed by atoms with Crippen molar-refractivity contribution >= 4 is 29.0 Å². The van der Waals surface area contributed by atoms with E-state index in [0.717, 1.165) is 11.3 Å². The van der Waals surface area contributed by atoms with E-state index in [9.17, 15) is 4.21 Å². The van der Waals surface area contributed by atoms with Gasteiger partial charge < -0.3 is 10.1 Å². The fraction of sp³-hybridized carbons (Fsp3) is 0.0526. The van der Waals surface area contributed by atoms with Crippen LogP contribution in [0.25, 0.3) is 0 Å². The fourth-order valence-electron chi connectivity index (χ4n) is 2.26. The van der Waals surface area contributed by atoms with Crippen LogP contribution in [0.4, 0.5) is 5.69 Å². The lowest BCUT2D eigenvalue weighted by Gasteiger charge is -2.09. The molecule has 24 heavy (non-hydrogen) atoms. The summed E-state index contributed by atoms with van der Waals surface area (Å²) in [6, 6.07) is 22.5. The van der Waals surface area contributed by atoms with E-state index in [1.807, 2.05) is 48.5 Å². The smallest absolute Gasteiger partial charge is 0.457 e. The third-order valence-electron chi connectivity index (χ3n) is 3.41. The molecule has 0 unspecified atom stereocenters. The number of para-hydroxylation sites is 1. The molecule has 0 heterocycles. The summed E-state index contributed by atoms with van der Waals surface area (Å²) in [5, 5.41) is 3.92. The molecule has 0 aromatic heterocycles. The Morgan fingerprint density at radius 3 is 2.46 bits per heavy atom. The van der Waals surface area contributed by atoms with E-state index in [0.29, 0.717) is 39.6 Å². The Morgan fingerprint density at radius 2 is 1.71 bits per heavy atom. The molecule has 0 aliphatic heterocycles. The molecular weight excluding hydrogens is 342 g/mol. The molecule has 1 N–H and O–H groups in total. The summed E-state index contributed by atoms with van der Waals surface area (Å²) in [7, 11) is 0. The Labute approximate surface area is 149 Å². The number of rotatable bonds is 6. The van der Waals surface area contributed by atoms with E-state index in [1.54, 1.807) is 24.3 Å². The molecular formula is C19H15ClNO2S+. The molecule has 3 aromatic rings. The van der Waals surface area contributed by atoms with Crippen LogP contribution >= 0.6 is 11.6 Å². The molecule has 0 atom stereocenters. The number of benzene rings is 3. The first-order valence-electron chi connectivity index (χ1n) is 7.40. The molecule has 0 amide bonds. The summed E-state index contributed by atoms with van der Waals surface area (Å²) in [4.78, 5) is 0.678. The van der Waals surface area contributed by atoms with Crippen LogP contribution in [0, 0.1) is 0 Å². The van der Waals surface area contributed by atoms with Crippen molar-refractivity contribution in [2.75, 3.05) is 5.32 Å². The minimum atomic E-state index is 0.481. The predicted octanol–water partition coefficient (Wildman–Crippen LogP) is 5.53. The first-order valence-corrected chi connectivity index (χ1v) is 8.51. The number of halogens is 1. The van der Waals surface area contributed by atoms with E-state index >= 15 is 0 Å². The van der Waals surface area contributed by atoms with Gasteiger partial charge in [0.2, 0.25) is 0 Å². The fourth-order valence-corrected chi connectivity index (χ4v) is 2.80. The average molecular weight is 357 g/mol. The van der Waals surface area contributed by atoms with E-state index in [1.165, 1.54) is 0 Å². The second-order valence-corrected chi connectivity index (χ2v) is 6.17. The largest absolute Gasteiger partial charge is 0.505 e. The Hall–Kier alpha value is -2.43. The van der Waals surface area contributed by atoms with Gasteiger partial charge in [-0.05, 0) is 42.5 Å². The highest BCUT2D eigenvalue weighted by Crippen LogP contribution is 2.26. The lowest BCUT2D eigenvalue weighted by atomic mass is 10.2. The summed E-state index contributed by atoms with van der Waals surface area (Å²) in [6.45, 7) is 0.543. The van der Waals surface area contributed by atoms with Gasteiger partial charge in [0.05, 0.1) is 0 Å². The summed E-state index contributed by atoms with van der Waals surface area (Å²) in [6.07, 6.45) is 0. The van der Waals surface area contributed by atoms with Crippen molar-refractivity contribution in [2.45, 2.75) is 11.4 Å². The minimum Gasteiger partial charge on any atom is -0.457 e. The summed E-state index contributed by atoms with van der Waals surface area (Å²) in [5.74, 6) is 1.33. The van der Waals surface area contributed by atoms with Crippen LogP contribution in [0.15, 0.2) is 77.7 Å². The highest BCUT2D eigenvalue weighted by atomic mass is 35.5. The van der Waals surface area contributed by atoms with Crippen LogP contribution in [-0.2, 0) is 22.4 Å². The monoisotopic (exact) mass is 356 g/mol. The topological polar surface area (TPSA) is 38.3 Å². The van der Waals surface area contributed by atoms with Crippen molar-refractivity contribution in [3.63, 3.8) is 0 Å². The van der Waals surface area contributed by atoms with Crippen molar-refractivity contribution in [1.82, 2.24) is 0 Å². The average Bonchev–Trinajstić information content (AvgIpc) is 2.61. The van der Waals surface area contributed by atoms with Gasteiger partial charge in [-0.1, -0.05) is 35.9 Å². The van der Waals surface area contributed by atoms with E-state index < -0.39 is 0 Å². The third kappa shape index (κ3) is 4.31. The number of nitrogens with one attached hydrogen (secondary N) is 1. The molecule has 0 bridgehead atoms. The van der Waals surface area contributed by atoms with Crippen molar-refractivity contribution in [3.05, 3.63) is 83.4 Å². The first kappa shape index (κ1) is 16.4. The molecule has 3 nitrogen and oxygen atoms in total. The Morgan fingerprint density at radius 1 is 0.917 bits per heavy atom. The van der Waals surface area contributed by atoms with Crippen molar-refractivity contribution in [2.24, 2.45) is 0 Å². The molecule has 0 saturated heterocycles. The molecule has 5 heteroatoms. The van der Waals surface area contributed by atoms with Gasteiger partial charge in [-0.2, -0.15) is 0 Å². The van der Waals surface area contributed by atoms with Crippen LogP contribution in [0.3, 0.4) is 0 Å². The molecule has 0 aliphatic rings. The molecule has 0 saturated carbocycles. The van der Waals surface area contributed by atoms with E-state index in [4.69, 9.17) is 16.3 Å². The van der Waals surface area contributed by atoms with Crippen LogP contribution in [-0.4, -0.2) is 0 Å². The van der Waals surface area contributed by atoms with Gasteiger partial charge in [-0.15, -0.1) is 0 Å². The Bertz CT molecular complexity index is 840. The second kappa shape index (κ2) is 7.90. The first-order chi connectivity index (χ1) is 11.7. The molecule has 3 rings (SSSR count). The normalized spacial score (nSPS) is 10.2. The molecule has 0 radical (unpaired) electrons. The highest BCUT2D eigenvalue weighted by Gasteiger charge is 2.15. The van der Waals surface area contributed by atoms with Crippen molar-refractivity contribution in [1.29, 1.82) is 0 Å². The highest BCUT2D eigenvalue weighted by molar-refractivity contribution is 7.65. The molecule has 0 spiro atoms. The van der Waals surface area contributed by atoms with Crippen molar-refractivity contribution < 1.29 is 8.95 Å². The van der Waals surface area contributed by atoms with Gasteiger partial charge in [-0.25, -0.2) is 0 Å². The zero-order valence-electron chi connectivity index (χ0n) is 12.7. The quantitative estimate of drug-likeness (QED) is 0.590. The number of hydrogen-bond acceptors (Lipinski definition) is 3. The number of ether oxygens (including phenoxy) is 1.